The van der Waals surface area contributed by atoms with Crippen LogP contribution >= 0.6 is 0 Å². The first-order valence-corrected chi connectivity index (χ1v) is 3.94. The second kappa shape index (κ2) is 3.28. The Morgan fingerprint density at radius 1 is 1.18 bits per heavy atom. The van der Waals surface area contributed by atoms with Gasteiger partial charge in [0.15, 0.2) is 0 Å². The van der Waals surface area contributed by atoms with Gasteiger partial charge >= 0.3 is 5.92 Å². The zero-order valence-corrected chi connectivity index (χ0v) is 6.28. The summed E-state index contributed by atoms with van der Waals surface area (Å²) in [6.07, 6.45) is 4.44. The van der Waals surface area contributed by atoms with Crippen molar-refractivity contribution in [1.29, 1.82) is 0 Å². The minimum atomic E-state index is -3.19. The fourth-order valence-electron chi connectivity index (χ4n) is 1.55. The first-order valence-electron chi connectivity index (χ1n) is 3.94. The molecule has 63 valence electrons. The van der Waals surface area contributed by atoms with Gasteiger partial charge in [0, 0.05) is 5.92 Å². The Labute approximate surface area is 64.8 Å². The highest BCUT2D eigenvalue weighted by molar-refractivity contribution is 5.61. The summed E-state index contributed by atoms with van der Waals surface area (Å²) in [5.74, 6) is -3.94. The van der Waals surface area contributed by atoms with E-state index in [1.807, 2.05) is 0 Å². The lowest BCUT2D eigenvalue weighted by Gasteiger charge is -2.25. The average molecular weight is 161 g/mol. The van der Waals surface area contributed by atoms with Crippen LogP contribution in [0.4, 0.5) is 8.78 Å². The SMILES string of the molecule is O=[C]C(F)(F)C1CCCCC1. The van der Waals surface area contributed by atoms with Crippen LogP contribution in [0.5, 0.6) is 0 Å². The lowest BCUT2D eigenvalue weighted by Crippen LogP contribution is -2.31. The second-order valence-corrected chi connectivity index (χ2v) is 3.06. The largest absolute Gasteiger partial charge is 0.315 e. The van der Waals surface area contributed by atoms with Crippen LogP contribution in [0.15, 0.2) is 0 Å². The van der Waals surface area contributed by atoms with Crippen molar-refractivity contribution in [3.05, 3.63) is 0 Å². The molecule has 0 unspecified atom stereocenters. The minimum Gasteiger partial charge on any atom is -0.284 e. The summed E-state index contributed by atoms with van der Waals surface area (Å²) in [5.41, 5.74) is 0. The van der Waals surface area contributed by atoms with Crippen molar-refractivity contribution < 1.29 is 13.6 Å². The highest BCUT2D eigenvalue weighted by atomic mass is 19.3. The van der Waals surface area contributed by atoms with Crippen LogP contribution in [0.2, 0.25) is 0 Å². The van der Waals surface area contributed by atoms with Crippen LogP contribution in [0, 0.1) is 5.92 Å². The molecule has 0 aliphatic heterocycles. The van der Waals surface area contributed by atoms with Gasteiger partial charge in [0.1, 0.15) is 0 Å². The van der Waals surface area contributed by atoms with E-state index in [0.29, 0.717) is 12.8 Å². The maximum Gasteiger partial charge on any atom is 0.315 e. The van der Waals surface area contributed by atoms with E-state index in [0.717, 1.165) is 25.5 Å². The predicted molar refractivity (Wildman–Crippen MR) is 37.2 cm³/mol. The Hall–Kier alpha value is -0.470. The van der Waals surface area contributed by atoms with Crippen molar-refractivity contribution in [2.24, 2.45) is 5.92 Å². The number of hydrogen-bond donors (Lipinski definition) is 0. The van der Waals surface area contributed by atoms with Crippen LogP contribution in [-0.4, -0.2) is 12.2 Å². The summed E-state index contributed by atoms with van der Waals surface area (Å²) in [4.78, 5) is 9.85. The van der Waals surface area contributed by atoms with Crippen molar-refractivity contribution in [2.75, 3.05) is 0 Å². The lowest BCUT2D eigenvalue weighted by atomic mass is 9.85. The second-order valence-electron chi connectivity index (χ2n) is 3.06. The molecule has 1 fully saturated rings. The highest BCUT2D eigenvalue weighted by Gasteiger charge is 2.40. The third kappa shape index (κ3) is 1.98. The topological polar surface area (TPSA) is 17.1 Å². The molecule has 1 aliphatic carbocycles. The first kappa shape index (κ1) is 8.62. The van der Waals surface area contributed by atoms with Crippen LogP contribution in [0.1, 0.15) is 32.1 Å². The number of halogens is 2. The summed E-state index contributed by atoms with van der Waals surface area (Å²) in [6, 6.07) is 0. The van der Waals surface area contributed by atoms with E-state index in [2.05, 4.69) is 0 Å². The van der Waals surface area contributed by atoms with E-state index in [1.165, 1.54) is 0 Å². The van der Waals surface area contributed by atoms with Gasteiger partial charge < -0.3 is 0 Å². The lowest BCUT2D eigenvalue weighted by molar-refractivity contribution is -0.00632. The van der Waals surface area contributed by atoms with E-state index in [1.54, 1.807) is 0 Å². The average Bonchev–Trinajstić information content (AvgIpc) is 2.06. The molecule has 1 radical (unpaired) electrons. The van der Waals surface area contributed by atoms with Crippen molar-refractivity contribution in [3.63, 3.8) is 0 Å². The maximum absolute atomic E-state index is 12.6. The van der Waals surface area contributed by atoms with Gasteiger partial charge in [-0.3, -0.25) is 4.79 Å². The molecular formula is C8H11F2O. The quantitative estimate of drug-likeness (QED) is 0.607. The third-order valence-electron chi connectivity index (χ3n) is 2.25. The molecule has 0 N–H and O–H groups in total. The summed E-state index contributed by atoms with van der Waals surface area (Å²) in [7, 11) is 0. The van der Waals surface area contributed by atoms with E-state index in [4.69, 9.17) is 0 Å². The Morgan fingerprint density at radius 3 is 2.18 bits per heavy atom. The van der Waals surface area contributed by atoms with Gasteiger partial charge in [-0.2, -0.15) is 8.78 Å². The van der Waals surface area contributed by atoms with Crippen molar-refractivity contribution in [1.82, 2.24) is 0 Å². The molecule has 11 heavy (non-hydrogen) atoms. The fourth-order valence-corrected chi connectivity index (χ4v) is 1.55. The molecule has 0 aromatic heterocycles. The van der Waals surface area contributed by atoms with Gasteiger partial charge in [0.25, 0.3) is 6.29 Å². The Bertz CT molecular complexity index is 139. The molecule has 0 spiro atoms. The first-order chi connectivity index (χ1) is 5.17. The number of carbonyl (C=O) groups excluding carboxylic acids is 1. The summed E-state index contributed by atoms with van der Waals surface area (Å²) in [5, 5.41) is 0. The molecule has 0 bridgehead atoms. The molecule has 1 rings (SSSR count). The van der Waals surface area contributed by atoms with Crippen LogP contribution in [-0.2, 0) is 4.79 Å². The standard InChI is InChI=1S/C8H11F2O/c9-8(10,6-11)7-4-2-1-3-5-7/h7H,1-5H2. The van der Waals surface area contributed by atoms with Crippen molar-refractivity contribution in [2.45, 2.75) is 38.0 Å². The Morgan fingerprint density at radius 2 is 1.73 bits per heavy atom. The Balaban J connectivity index is 2.50. The number of alkyl halides is 2. The molecule has 0 saturated heterocycles. The third-order valence-corrected chi connectivity index (χ3v) is 2.25. The number of rotatable bonds is 2. The van der Waals surface area contributed by atoms with E-state index in [9.17, 15) is 13.6 Å². The van der Waals surface area contributed by atoms with Crippen molar-refractivity contribution >= 4 is 6.29 Å². The highest BCUT2D eigenvalue weighted by Crippen LogP contribution is 2.34. The summed E-state index contributed by atoms with van der Waals surface area (Å²) in [6.45, 7) is 0. The Kier molecular flexibility index (Phi) is 2.58. The number of hydrogen-bond acceptors (Lipinski definition) is 1. The molecule has 1 saturated carbocycles. The van der Waals surface area contributed by atoms with Gasteiger partial charge in [-0.25, -0.2) is 0 Å². The molecule has 0 atom stereocenters. The zero-order valence-electron chi connectivity index (χ0n) is 6.28. The summed E-state index contributed by atoms with van der Waals surface area (Å²) < 4.78 is 25.2. The normalized spacial score (nSPS) is 21.6. The van der Waals surface area contributed by atoms with Gasteiger partial charge in [-0.05, 0) is 12.8 Å². The molecule has 0 aromatic rings. The molecule has 1 nitrogen and oxygen atoms in total. The van der Waals surface area contributed by atoms with E-state index >= 15 is 0 Å². The molecule has 1 aliphatic rings. The van der Waals surface area contributed by atoms with Crippen LogP contribution in [0.25, 0.3) is 0 Å². The van der Waals surface area contributed by atoms with Gasteiger partial charge in [-0.1, -0.05) is 19.3 Å². The van der Waals surface area contributed by atoms with E-state index < -0.39 is 11.8 Å². The van der Waals surface area contributed by atoms with E-state index in [-0.39, 0.29) is 0 Å². The van der Waals surface area contributed by atoms with Gasteiger partial charge in [0.05, 0.1) is 0 Å². The molecule has 0 aromatic carbocycles. The van der Waals surface area contributed by atoms with Crippen molar-refractivity contribution in [3.8, 4) is 0 Å². The molecule has 0 amide bonds. The van der Waals surface area contributed by atoms with Gasteiger partial charge in [-0.15, -0.1) is 0 Å². The molecular weight excluding hydrogens is 150 g/mol. The predicted octanol–water partition coefficient (Wildman–Crippen LogP) is 2.31. The smallest absolute Gasteiger partial charge is 0.284 e. The van der Waals surface area contributed by atoms with Gasteiger partial charge in [0.2, 0.25) is 0 Å². The molecule has 0 heterocycles. The van der Waals surface area contributed by atoms with Crippen LogP contribution in [0.3, 0.4) is 0 Å². The summed E-state index contributed by atoms with van der Waals surface area (Å²) >= 11 is 0. The van der Waals surface area contributed by atoms with Crippen LogP contribution < -0.4 is 0 Å². The fraction of sp³-hybridized carbons (Fsp3) is 0.875. The monoisotopic (exact) mass is 161 g/mol. The maximum atomic E-state index is 12.6. The zero-order chi connectivity index (χ0) is 8.32. The minimum absolute atomic E-state index is 0.474. The molecule has 3 heteroatoms.